The highest BCUT2D eigenvalue weighted by Crippen LogP contribution is 2.25. The Kier molecular flexibility index (Phi) is 6.70. The topological polar surface area (TPSA) is 27.3 Å². The van der Waals surface area contributed by atoms with E-state index in [2.05, 4.69) is 55.7 Å². The number of benzene rings is 2. The minimum Gasteiger partial charge on any atom is -0.362 e. The zero-order chi connectivity index (χ0) is 17.6. The second-order valence-electron chi connectivity index (χ2n) is 6.16. The quantitative estimate of drug-likeness (QED) is 0.516. The van der Waals surface area contributed by atoms with Crippen molar-refractivity contribution in [3.05, 3.63) is 63.1 Å². The van der Waals surface area contributed by atoms with Crippen molar-refractivity contribution >= 4 is 50.5 Å². The number of fused-ring (bicyclic) bond motifs is 1. The number of nitrogens with zero attached hydrogens (tertiary/aromatic N) is 1. The van der Waals surface area contributed by atoms with Crippen molar-refractivity contribution in [2.45, 2.75) is 19.4 Å². The average molecular weight is 439 g/mol. The third kappa shape index (κ3) is 5.42. The van der Waals surface area contributed by atoms with E-state index in [1.54, 1.807) is 0 Å². The molecular weight excluding hydrogens is 418 g/mol. The number of hydrogen-bond donors (Lipinski definition) is 2. The number of thiocarbonyl (C=S) groups is 1. The molecule has 0 atom stereocenters. The molecule has 0 spiro atoms. The molecule has 0 aromatic heterocycles. The monoisotopic (exact) mass is 437 g/mol. The lowest BCUT2D eigenvalue weighted by molar-refractivity contribution is 0.251. The van der Waals surface area contributed by atoms with E-state index in [1.807, 2.05) is 18.2 Å². The molecule has 0 saturated carbocycles. The van der Waals surface area contributed by atoms with Crippen LogP contribution in [0, 0.1) is 0 Å². The smallest absolute Gasteiger partial charge is 0.170 e. The summed E-state index contributed by atoms with van der Waals surface area (Å²) >= 11 is 14.8. The zero-order valence-electron chi connectivity index (χ0n) is 13.9. The number of hydrogen-bond acceptors (Lipinski definition) is 2. The Labute approximate surface area is 167 Å². The van der Waals surface area contributed by atoms with Crippen LogP contribution in [0.4, 0.5) is 5.69 Å². The first-order valence-corrected chi connectivity index (χ1v) is 9.99. The first kappa shape index (κ1) is 18.6. The molecule has 1 aliphatic rings. The molecule has 0 radical (unpaired) electrons. The van der Waals surface area contributed by atoms with Gasteiger partial charge in [0.25, 0.3) is 0 Å². The molecule has 0 saturated heterocycles. The van der Waals surface area contributed by atoms with Gasteiger partial charge in [-0.3, -0.25) is 4.90 Å². The second kappa shape index (κ2) is 8.99. The zero-order valence-corrected chi connectivity index (χ0v) is 17.1. The molecule has 0 unspecified atom stereocenters. The Morgan fingerprint density at radius 3 is 2.80 bits per heavy atom. The standard InChI is InChI=1S/C19H21BrClN3S/c20-17-7-6-16(12-18(17)21)23-19(25)22-9-3-10-24-11-8-14-4-1-2-5-15(14)13-24/h1-2,4-7,12H,3,8-11,13H2,(H2,22,23,25). The molecule has 2 N–H and O–H groups in total. The van der Waals surface area contributed by atoms with Crippen LogP contribution in [0.2, 0.25) is 5.02 Å². The number of anilines is 1. The fourth-order valence-electron chi connectivity index (χ4n) is 3.00. The van der Waals surface area contributed by atoms with Crippen LogP contribution < -0.4 is 10.6 Å². The molecule has 1 heterocycles. The Balaban J connectivity index is 1.37. The van der Waals surface area contributed by atoms with Crippen LogP contribution in [0.1, 0.15) is 17.5 Å². The first-order valence-electron chi connectivity index (χ1n) is 8.41. The van der Waals surface area contributed by atoms with Gasteiger partial charge in [-0.05, 0) is 70.3 Å². The molecule has 132 valence electrons. The molecule has 25 heavy (non-hydrogen) atoms. The van der Waals surface area contributed by atoms with E-state index < -0.39 is 0 Å². The van der Waals surface area contributed by atoms with Gasteiger partial charge in [0.2, 0.25) is 0 Å². The fraction of sp³-hybridized carbons (Fsp3) is 0.316. The summed E-state index contributed by atoms with van der Waals surface area (Å²) in [7, 11) is 0. The van der Waals surface area contributed by atoms with E-state index >= 15 is 0 Å². The summed E-state index contributed by atoms with van der Waals surface area (Å²) in [6.07, 6.45) is 2.21. The van der Waals surface area contributed by atoms with Crippen molar-refractivity contribution < 1.29 is 0 Å². The highest BCUT2D eigenvalue weighted by molar-refractivity contribution is 9.10. The maximum Gasteiger partial charge on any atom is 0.170 e. The molecule has 0 fully saturated rings. The molecule has 0 aliphatic carbocycles. The predicted molar refractivity (Wildman–Crippen MR) is 113 cm³/mol. The predicted octanol–water partition coefficient (Wildman–Crippen LogP) is 4.84. The Morgan fingerprint density at radius 2 is 2.00 bits per heavy atom. The van der Waals surface area contributed by atoms with Gasteiger partial charge in [0.05, 0.1) is 5.02 Å². The summed E-state index contributed by atoms with van der Waals surface area (Å²) in [5.41, 5.74) is 3.85. The van der Waals surface area contributed by atoms with Gasteiger partial charge in [-0.25, -0.2) is 0 Å². The van der Waals surface area contributed by atoms with Crippen molar-refractivity contribution in [3.63, 3.8) is 0 Å². The van der Waals surface area contributed by atoms with Gasteiger partial charge in [0.1, 0.15) is 0 Å². The van der Waals surface area contributed by atoms with Crippen molar-refractivity contribution in [1.29, 1.82) is 0 Å². The molecular formula is C19H21BrClN3S. The second-order valence-corrected chi connectivity index (χ2v) is 7.83. The Bertz CT molecular complexity index is 753. The maximum atomic E-state index is 6.09. The first-order chi connectivity index (χ1) is 12.1. The minimum absolute atomic E-state index is 0.627. The lowest BCUT2D eigenvalue weighted by Gasteiger charge is -2.28. The SMILES string of the molecule is S=C(NCCCN1CCc2ccccc2C1)Nc1ccc(Br)c(Cl)c1. The minimum atomic E-state index is 0.627. The summed E-state index contributed by atoms with van der Waals surface area (Å²) in [6.45, 7) is 4.12. The Hall–Kier alpha value is -1.14. The van der Waals surface area contributed by atoms with Gasteiger partial charge in [-0.15, -0.1) is 0 Å². The van der Waals surface area contributed by atoms with Crippen LogP contribution in [0.3, 0.4) is 0 Å². The lowest BCUT2D eigenvalue weighted by atomic mass is 10.00. The highest BCUT2D eigenvalue weighted by atomic mass is 79.9. The van der Waals surface area contributed by atoms with E-state index in [-0.39, 0.29) is 0 Å². The van der Waals surface area contributed by atoms with Gasteiger partial charge in [-0.1, -0.05) is 35.9 Å². The summed E-state index contributed by atoms with van der Waals surface area (Å²) in [6, 6.07) is 14.4. The average Bonchev–Trinajstić information content (AvgIpc) is 2.62. The number of halogens is 2. The fourth-order valence-corrected chi connectivity index (χ4v) is 3.65. The molecule has 2 aromatic rings. The normalized spacial score (nSPS) is 14.0. The van der Waals surface area contributed by atoms with Crippen LogP contribution in [0.15, 0.2) is 46.9 Å². The molecule has 3 nitrogen and oxygen atoms in total. The van der Waals surface area contributed by atoms with Gasteiger partial charge in [0, 0.05) is 36.3 Å². The van der Waals surface area contributed by atoms with Gasteiger partial charge >= 0.3 is 0 Å². The maximum absolute atomic E-state index is 6.09. The van der Waals surface area contributed by atoms with Crippen LogP contribution >= 0.6 is 39.7 Å². The van der Waals surface area contributed by atoms with Crippen LogP contribution in [0.25, 0.3) is 0 Å². The lowest BCUT2D eigenvalue weighted by Crippen LogP contribution is -2.34. The largest absolute Gasteiger partial charge is 0.362 e. The van der Waals surface area contributed by atoms with Gasteiger partial charge < -0.3 is 10.6 Å². The molecule has 2 aromatic carbocycles. The van der Waals surface area contributed by atoms with Crippen molar-refractivity contribution in [3.8, 4) is 0 Å². The summed E-state index contributed by atoms with van der Waals surface area (Å²) in [4.78, 5) is 2.51. The molecule has 6 heteroatoms. The molecule has 3 rings (SSSR count). The van der Waals surface area contributed by atoms with E-state index in [1.165, 1.54) is 11.1 Å². The number of rotatable bonds is 5. The summed E-state index contributed by atoms with van der Waals surface area (Å²) in [5.74, 6) is 0. The van der Waals surface area contributed by atoms with Gasteiger partial charge in [0.15, 0.2) is 5.11 Å². The molecule has 0 bridgehead atoms. The van der Waals surface area contributed by atoms with Crippen molar-refractivity contribution in [2.75, 3.05) is 25.0 Å². The van der Waals surface area contributed by atoms with Crippen LogP contribution in [0.5, 0.6) is 0 Å². The highest BCUT2D eigenvalue weighted by Gasteiger charge is 2.14. The van der Waals surface area contributed by atoms with Crippen molar-refractivity contribution in [2.24, 2.45) is 0 Å². The van der Waals surface area contributed by atoms with E-state index in [0.717, 1.165) is 49.2 Å². The third-order valence-corrected chi connectivity index (χ3v) is 5.80. The third-order valence-electron chi connectivity index (χ3n) is 4.32. The number of nitrogens with one attached hydrogen (secondary N) is 2. The molecule has 1 aliphatic heterocycles. The van der Waals surface area contributed by atoms with E-state index in [0.29, 0.717) is 10.1 Å². The van der Waals surface area contributed by atoms with E-state index in [9.17, 15) is 0 Å². The van der Waals surface area contributed by atoms with Crippen LogP contribution in [-0.2, 0) is 13.0 Å². The van der Waals surface area contributed by atoms with E-state index in [4.69, 9.17) is 23.8 Å². The van der Waals surface area contributed by atoms with Crippen molar-refractivity contribution in [1.82, 2.24) is 10.2 Å². The summed E-state index contributed by atoms with van der Waals surface area (Å²) < 4.78 is 0.877. The van der Waals surface area contributed by atoms with Gasteiger partial charge in [-0.2, -0.15) is 0 Å². The molecule has 0 amide bonds. The Morgan fingerprint density at radius 1 is 1.20 bits per heavy atom. The summed E-state index contributed by atoms with van der Waals surface area (Å²) in [5, 5.41) is 7.72. The van der Waals surface area contributed by atoms with Crippen LogP contribution in [-0.4, -0.2) is 29.6 Å².